The maximum Gasteiger partial charge on any atom is 0.226 e. The van der Waals surface area contributed by atoms with Crippen molar-refractivity contribution >= 4 is 29.9 Å². The van der Waals surface area contributed by atoms with Crippen LogP contribution in [0.25, 0.3) is 0 Å². The Balaban J connectivity index is 0.00000338. The first-order valence-electron chi connectivity index (χ1n) is 9.71. The van der Waals surface area contributed by atoms with Crippen LogP contribution >= 0.6 is 24.0 Å². The smallest absolute Gasteiger partial charge is 0.226 e. The van der Waals surface area contributed by atoms with E-state index in [9.17, 15) is 0 Å². The van der Waals surface area contributed by atoms with Gasteiger partial charge in [-0.1, -0.05) is 24.4 Å². The largest absolute Gasteiger partial charge is 0.378 e. The van der Waals surface area contributed by atoms with Crippen LogP contribution in [0.3, 0.4) is 0 Å². The number of rotatable bonds is 10. The molecule has 7 nitrogen and oxygen atoms in total. The minimum atomic E-state index is 0. The van der Waals surface area contributed by atoms with Gasteiger partial charge >= 0.3 is 0 Å². The maximum absolute atomic E-state index is 5.95. The summed E-state index contributed by atoms with van der Waals surface area (Å²) >= 11 is 0. The Bertz CT molecular complexity index is 504. The number of nitrogens with one attached hydrogen (secondary N) is 2. The Morgan fingerprint density at radius 2 is 2.04 bits per heavy atom. The lowest BCUT2D eigenvalue weighted by atomic mass is 9.98. The third-order valence-electron chi connectivity index (χ3n) is 4.25. The van der Waals surface area contributed by atoms with Gasteiger partial charge in [-0.05, 0) is 39.5 Å². The van der Waals surface area contributed by atoms with Crippen LogP contribution in [-0.2, 0) is 11.2 Å². The van der Waals surface area contributed by atoms with Crippen LogP contribution in [0.15, 0.2) is 9.52 Å². The maximum atomic E-state index is 5.95. The van der Waals surface area contributed by atoms with Crippen molar-refractivity contribution in [3.63, 3.8) is 0 Å². The van der Waals surface area contributed by atoms with E-state index >= 15 is 0 Å². The summed E-state index contributed by atoms with van der Waals surface area (Å²) in [7, 11) is 0. The van der Waals surface area contributed by atoms with Crippen LogP contribution < -0.4 is 10.6 Å². The molecule has 1 aliphatic rings. The number of aliphatic imine (C=N–C) groups is 1. The molecule has 0 radical (unpaired) electrons. The van der Waals surface area contributed by atoms with Crippen molar-refractivity contribution in [3.8, 4) is 0 Å². The molecule has 1 aromatic heterocycles. The molecule has 0 unspecified atom stereocenters. The molecule has 150 valence electrons. The first-order chi connectivity index (χ1) is 12.3. The molecule has 0 aromatic carbocycles. The lowest BCUT2D eigenvalue weighted by Gasteiger charge is -2.22. The highest BCUT2D eigenvalue weighted by molar-refractivity contribution is 14.0. The van der Waals surface area contributed by atoms with Crippen molar-refractivity contribution in [2.45, 2.75) is 71.3 Å². The highest BCUT2D eigenvalue weighted by atomic mass is 127. The number of ether oxygens (including phenoxy) is 1. The summed E-state index contributed by atoms with van der Waals surface area (Å²) in [6.07, 6.45) is 9.63. The molecular formula is C18H34IN5O2. The Labute approximate surface area is 174 Å². The number of aromatic nitrogens is 2. The molecule has 26 heavy (non-hydrogen) atoms. The van der Waals surface area contributed by atoms with E-state index in [-0.39, 0.29) is 24.0 Å². The van der Waals surface area contributed by atoms with E-state index in [2.05, 4.69) is 32.7 Å². The summed E-state index contributed by atoms with van der Waals surface area (Å²) in [5.74, 6) is 2.23. The Kier molecular flexibility index (Phi) is 12.6. The van der Waals surface area contributed by atoms with Crippen LogP contribution in [0.4, 0.5) is 0 Å². The second kappa shape index (κ2) is 14.2. The molecule has 1 saturated carbocycles. The van der Waals surface area contributed by atoms with Gasteiger partial charge in [0.05, 0.1) is 6.10 Å². The van der Waals surface area contributed by atoms with Crippen molar-refractivity contribution in [1.29, 1.82) is 0 Å². The third kappa shape index (κ3) is 9.70. The first-order valence-corrected chi connectivity index (χ1v) is 9.71. The quantitative estimate of drug-likeness (QED) is 0.232. The van der Waals surface area contributed by atoms with Crippen molar-refractivity contribution in [2.24, 2.45) is 4.99 Å². The molecular weight excluding hydrogens is 445 g/mol. The van der Waals surface area contributed by atoms with Gasteiger partial charge in [0.1, 0.15) is 0 Å². The Hall–Kier alpha value is -0.900. The standard InChI is InChI=1S/C18H33N5O2.HI/c1-3-19-18(20-12-7-11-17-22-15(2)23-25-17)21-13-8-14-24-16-9-5-4-6-10-16;/h16H,3-14H2,1-2H3,(H2,19,20,21);1H. The van der Waals surface area contributed by atoms with Crippen molar-refractivity contribution in [2.75, 3.05) is 26.2 Å². The zero-order valence-corrected chi connectivity index (χ0v) is 18.5. The normalized spacial score (nSPS) is 15.5. The van der Waals surface area contributed by atoms with E-state index in [1.807, 2.05) is 6.92 Å². The van der Waals surface area contributed by atoms with Crippen molar-refractivity contribution < 1.29 is 9.26 Å². The fourth-order valence-electron chi connectivity index (χ4n) is 2.97. The molecule has 1 heterocycles. The van der Waals surface area contributed by atoms with Crippen LogP contribution in [0.2, 0.25) is 0 Å². The number of nitrogens with zero attached hydrogens (tertiary/aromatic N) is 3. The van der Waals surface area contributed by atoms with E-state index in [1.165, 1.54) is 32.1 Å². The minimum Gasteiger partial charge on any atom is -0.378 e. The Morgan fingerprint density at radius 3 is 2.73 bits per heavy atom. The molecule has 0 amide bonds. The molecule has 0 bridgehead atoms. The molecule has 2 rings (SSSR count). The fourth-order valence-corrected chi connectivity index (χ4v) is 2.97. The summed E-state index contributed by atoms with van der Waals surface area (Å²) < 4.78 is 11.1. The van der Waals surface area contributed by atoms with Gasteiger partial charge in [0.25, 0.3) is 0 Å². The number of guanidine groups is 1. The topological polar surface area (TPSA) is 84.6 Å². The summed E-state index contributed by atoms with van der Waals surface area (Å²) in [6.45, 7) is 7.19. The van der Waals surface area contributed by atoms with Gasteiger partial charge in [-0.15, -0.1) is 24.0 Å². The lowest BCUT2D eigenvalue weighted by molar-refractivity contribution is 0.0277. The Morgan fingerprint density at radius 1 is 1.23 bits per heavy atom. The average molecular weight is 479 g/mol. The molecule has 0 saturated heterocycles. The second-order valence-corrected chi connectivity index (χ2v) is 6.51. The van der Waals surface area contributed by atoms with Gasteiger partial charge in [0.2, 0.25) is 5.89 Å². The van der Waals surface area contributed by atoms with Gasteiger partial charge in [-0.3, -0.25) is 4.99 Å². The van der Waals surface area contributed by atoms with Crippen LogP contribution in [0.5, 0.6) is 0 Å². The molecule has 0 atom stereocenters. The minimum absolute atomic E-state index is 0. The van der Waals surface area contributed by atoms with E-state index < -0.39 is 0 Å². The molecule has 0 aliphatic heterocycles. The summed E-state index contributed by atoms with van der Waals surface area (Å²) in [6, 6.07) is 0. The molecule has 0 spiro atoms. The van der Waals surface area contributed by atoms with Crippen molar-refractivity contribution in [3.05, 3.63) is 11.7 Å². The number of hydrogen-bond donors (Lipinski definition) is 2. The summed E-state index contributed by atoms with van der Waals surface area (Å²) in [4.78, 5) is 8.79. The molecule has 2 N–H and O–H groups in total. The first kappa shape index (κ1) is 23.1. The summed E-state index contributed by atoms with van der Waals surface area (Å²) in [5.41, 5.74) is 0. The average Bonchev–Trinajstić information content (AvgIpc) is 3.04. The van der Waals surface area contributed by atoms with Gasteiger partial charge in [-0.2, -0.15) is 4.98 Å². The molecule has 1 fully saturated rings. The van der Waals surface area contributed by atoms with E-state index in [4.69, 9.17) is 9.26 Å². The van der Waals surface area contributed by atoms with E-state index in [1.54, 1.807) is 0 Å². The second-order valence-electron chi connectivity index (χ2n) is 6.51. The van der Waals surface area contributed by atoms with Crippen LogP contribution in [0, 0.1) is 6.92 Å². The van der Waals surface area contributed by atoms with Crippen LogP contribution in [0.1, 0.15) is 63.6 Å². The summed E-state index contributed by atoms with van der Waals surface area (Å²) in [5, 5.41) is 10.4. The fraction of sp³-hybridized carbons (Fsp3) is 0.833. The van der Waals surface area contributed by atoms with E-state index in [0.29, 0.717) is 17.8 Å². The highest BCUT2D eigenvalue weighted by Gasteiger charge is 2.12. The molecule has 1 aromatic rings. The monoisotopic (exact) mass is 479 g/mol. The number of hydrogen-bond acceptors (Lipinski definition) is 5. The zero-order valence-electron chi connectivity index (χ0n) is 16.1. The highest BCUT2D eigenvalue weighted by Crippen LogP contribution is 2.20. The zero-order chi connectivity index (χ0) is 17.7. The molecule has 1 aliphatic carbocycles. The van der Waals surface area contributed by atoms with Crippen LogP contribution in [-0.4, -0.2) is 48.4 Å². The van der Waals surface area contributed by atoms with Gasteiger partial charge in [-0.25, -0.2) is 0 Å². The SMILES string of the molecule is CCNC(=NCCCc1nc(C)no1)NCCCOC1CCCCC1.I. The molecule has 8 heteroatoms. The third-order valence-corrected chi connectivity index (χ3v) is 4.25. The number of halogens is 1. The van der Waals surface area contributed by atoms with Gasteiger partial charge in [0, 0.05) is 32.7 Å². The van der Waals surface area contributed by atoms with Gasteiger partial charge in [0.15, 0.2) is 11.8 Å². The predicted molar refractivity (Wildman–Crippen MR) is 114 cm³/mol. The van der Waals surface area contributed by atoms with Gasteiger partial charge < -0.3 is 19.9 Å². The lowest BCUT2D eigenvalue weighted by Crippen LogP contribution is -2.38. The number of aryl methyl sites for hydroxylation is 2. The van der Waals surface area contributed by atoms with Crippen molar-refractivity contribution in [1.82, 2.24) is 20.8 Å². The predicted octanol–water partition coefficient (Wildman–Crippen LogP) is 3.22. The van der Waals surface area contributed by atoms with E-state index in [0.717, 1.165) is 51.5 Å².